The zero-order valence-corrected chi connectivity index (χ0v) is 13.8. The molecule has 0 saturated heterocycles. The van der Waals surface area contributed by atoms with Gasteiger partial charge in [0.05, 0.1) is 5.02 Å². The van der Waals surface area contributed by atoms with E-state index in [1.54, 1.807) is 7.05 Å². The van der Waals surface area contributed by atoms with Crippen molar-refractivity contribution < 1.29 is 8.42 Å². The summed E-state index contributed by atoms with van der Waals surface area (Å²) < 4.78 is 26.9. The summed E-state index contributed by atoms with van der Waals surface area (Å²) in [5.41, 5.74) is 0. The maximum Gasteiger partial charge on any atom is 0.242 e. The Labute approximate surface area is 131 Å². The van der Waals surface area contributed by atoms with Crippen LogP contribution >= 0.6 is 11.6 Å². The second kappa shape index (κ2) is 7.42. The first-order valence-electron chi connectivity index (χ1n) is 7.36. The minimum absolute atomic E-state index is 0.104. The molecule has 2 N–H and O–H groups in total. The first-order valence-corrected chi connectivity index (χ1v) is 9.22. The van der Waals surface area contributed by atoms with Crippen molar-refractivity contribution in [3.8, 4) is 0 Å². The molecule has 21 heavy (non-hydrogen) atoms. The quantitative estimate of drug-likeness (QED) is 0.753. The number of pyridine rings is 1. The average molecular weight is 332 g/mol. The number of rotatable bonds is 7. The lowest BCUT2D eigenvalue weighted by Gasteiger charge is -2.10. The van der Waals surface area contributed by atoms with Gasteiger partial charge in [0.25, 0.3) is 0 Å². The van der Waals surface area contributed by atoms with Crippen LogP contribution in [0, 0.1) is 5.92 Å². The van der Waals surface area contributed by atoms with Crippen LogP contribution in [0.2, 0.25) is 5.02 Å². The lowest BCUT2D eigenvalue weighted by atomic mass is 10.0. The molecule has 0 atom stereocenters. The van der Waals surface area contributed by atoms with E-state index in [-0.39, 0.29) is 4.90 Å². The fourth-order valence-corrected chi connectivity index (χ4v) is 4.10. The van der Waals surface area contributed by atoms with Gasteiger partial charge < -0.3 is 5.32 Å². The van der Waals surface area contributed by atoms with Gasteiger partial charge in [0.15, 0.2) is 0 Å². The van der Waals surface area contributed by atoms with Crippen LogP contribution in [-0.4, -0.2) is 27.0 Å². The molecule has 1 aliphatic rings. The van der Waals surface area contributed by atoms with Crippen molar-refractivity contribution in [1.82, 2.24) is 9.71 Å². The molecule has 0 spiro atoms. The SMILES string of the molecule is CNc1ncc(S(=O)(=O)NCCCC2CCCC2)cc1Cl. The van der Waals surface area contributed by atoms with Crippen LogP contribution in [0.1, 0.15) is 38.5 Å². The van der Waals surface area contributed by atoms with Crippen LogP contribution in [0.3, 0.4) is 0 Å². The Bertz CT molecular complexity index is 572. The first-order chi connectivity index (χ1) is 10.0. The van der Waals surface area contributed by atoms with Crippen LogP contribution in [-0.2, 0) is 10.0 Å². The van der Waals surface area contributed by atoms with Crippen molar-refractivity contribution in [2.24, 2.45) is 5.92 Å². The number of sulfonamides is 1. The van der Waals surface area contributed by atoms with Crippen molar-refractivity contribution in [2.75, 3.05) is 18.9 Å². The van der Waals surface area contributed by atoms with E-state index in [1.165, 1.54) is 37.9 Å². The molecule has 1 aromatic heterocycles. The molecular weight excluding hydrogens is 310 g/mol. The summed E-state index contributed by atoms with van der Waals surface area (Å²) >= 11 is 5.97. The second-order valence-corrected chi connectivity index (χ2v) is 7.62. The zero-order valence-electron chi connectivity index (χ0n) is 12.2. The Kier molecular flexibility index (Phi) is 5.84. The highest BCUT2D eigenvalue weighted by atomic mass is 35.5. The molecule has 0 aromatic carbocycles. The van der Waals surface area contributed by atoms with E-state index < -0.39 is 10.0 Å². The third-order valence-corrected chi connectivity index (χ3v) is 5.64. The molecule has 0 bridgehead atoms. The Morgan fingerprint density at radius 1 is 1.38 bits per heavy atom. The van der Waals surface area contributed by atoms with Crippen molar-refractivity contribution in [3.63, 3.8) is 0 Å². The highest BCUT2D eigenvalue weighted by Gasteiger charge is 2.17. The molecule has 1 aliphatic carbocycles. The summed E-state index contributed by atoms with van der Waals surface area (Å²) in [7, 11) is -1.84. The van der Waals surface area contributed by atoms with E-state index in [2.05, 4.69) is 15.0 Å². The Balaban J connectivity index is 1.87. The molecule has 0 radical (unpaired) electrons. The van der Waals surface area contributed by atoms with E-state index in [0.29, 0.717) is 17.4 Å². The second-order valence-electron chi connectivity index (χ2n) is 5.44. The van der Waals surface area contributed by atoms with Crippen LogP contribution in [0.5, 0.6) is 0 Å². The fraction of sp³-hybridized carbons (Fsp3) is 0.643. The van der Waals surface area contributed by atoms with Gasteiger partial charge in [-0.25, -0.2) is 18.1 Å². The Morgan fingerprint density at radius 3 is 2.71 bits per heavy atom. The van der Waals surface area contributed by atoms with Gasteiger partial charge in [-0.1, -0.05) is 37.3 Å². The van der Waals surface area contributed by atoms with Gasteiger partial charge in [-0.3, -0.25) is 0 Å². The van der Waals surface area contributed by atoms with Crippen LogP contribution in [0.25, 0.3) is 0 Å². The summed E-state index contributed by atoms with van der Waals surface area (Å²) in [6.07, 6.45) is 8.50. The van der Waals surface area contributed by atoms with Gasteiger partial charge >= 0.3 is 0 Å². The predicted octanol–water partition coefficient (Wildman–Crippen LogP) is 3.03. The fourth-order valence-electron chi connectivity index (χ4n) is 2.73. The van der Waals surface area contributed by atoms with Crippen molar-refractivity contribution in [3.05, 3.63) is 17.3 Å². The zero-order chi connectivity index (χ0) is 15.3. The number of hydrogen-bond donors (Lipinski definition) is 2. The molecule has 5 nitrogen and oxygen atoms in total. The Morgan fingerprint density at radius 2 is 2.10 bits per heavy atom. The van der Waals surface area contributed by atoms with E-state index in [9.17, 15) is 8.42 Å². The molecule has 1 heterocycles. The van der Waals surface area contributed by atoms with Crippen molar-refractivity contribution >= 4 is 27.4 Å². The monoisotopic (exact) mass is 331 g/mol. The lowest BCUT2D eigenvalue weighted by Crippen LogP contribution is -2.25. The third-order valence-electron chi connectivity index (χ3n) is 3.92. The number of halogens is 1. The van der Waals surface area contributed by atoms with Gasteiger partial charge in [0, 0.05) is 19.8 Å². The summed E-state index contributed by atoms with van der Waals surface area (Å²) in [4.78, 5) is 4.10. The molecule has 0 amide bonds. The number of aromatic nitrogens is 1. The van der Waals surface area contributed by atoms with E-state index in [0.717, 1.165) is 18.8 Å². The van der Waals surface area contributed by atoms with Crippen molar-refractivity contribution in [2.45, 2.75) is 43.4 Å². The van der Waals surface area contributed by atoms with Crippen molar-refractivity contribution in [1.29, 1.82) is 0 Å². The van der Waals surface area contributed by atoms with Gasteiger partial charge in [-0.2, -0.15) is 0 Å². The van der Waals surface area contributed by atoms with Crippen LogP contribution < -0.4 is 10.0 Å². The summed E-state index contributed by atoms with van der Waals surface area (Å²) in [6.45, 7) is 0.463. The Hall–Kier alpha value is -0.850. The van der Waals surface area contributed by atoms with Crippen LogP contribution in [0.15, 0.2) is 17.2 Å². The largest absolute Gasteiger partial charge is 0.372 e. The smallest absolute Gasteiger partial charge is 0.242 e. The average Bonchev–Trinajstić information content (AvgIpc) is 2.97. The highest BCUT2D eigenvalue weighted by molar-refractivity contribution is 7.89. The maximum absolute atomic E-state index is 12.1. The molecule has 1 saturated carbocycles. The molecule has 118 valence electrons. The third kappa shape index (κ3) is 4.56. The van der Waals surface area contributed by atoms with Gasteiger partial charge in [-0.05, 0) is 24.8 Å². The molecule has 2 rings (SSSR count). The first kappa shape index (κ1) is 16.5. The summed E-state index contributed by atoms with van der Waals surface area (Å²) in [5, 5.41) is 3.10. The van der Waals surface area contributed by atoms with Gasteiger partial charge in [0.2, 0.25) is 10.0 Å². The summed E-state index contributed by atoms with van der Waals surface area (Å²) in [5.74, 6) is 1.25. The van der Waals surface area contributed by atoms with Gasteiger partial charge in [0.1, 0.15) is 10.7 Å². The van der Waals surface area contributed by atoms with E-state index in [1.807, 2.05) is 0 Å². The van der Waals surface area contributed by atoms with E-state index in [4.69, 9.17) is 11.6 Å². The number of nitrogens with zero attached hydrogens (tertiary/aromatic N) is 1. The molecule has 0 aliphatic heterocycles. The minimum atomic E-state index is -3.53. The summed E-state index contributed by atoms with van der Waals surface area (Å²) in [6, 6.07) is 1.42. The van der Waals surface area contributed by atoms with E-state index >= 15 is 0 Å². The standard InChI is InChI=1S/C14H22ClN3O2S/c1-16-14-13(15)9-12(10-17-14)21(19,20)18-8-4-7-11-5-2-3-6-11/h9-11,18H,2-8H2,1H3,(H,16,17). The highest BCUT2D eigenvalue weighted by Crippen LogP contribution is 2.28. The lowest BCUT2D eigenvalue weighted by molar-refractivity contribution is 0.480. The number of hydrogen-bond acceptors (Lipinski definition) is 4. The maximum atomic E-state index is 12.1. The molecule has 1 aromatic rings. The number of anilines is 1. The molecule has 0 unspecified atom stereocenters. The molecular formula is C14H22ClN3O2S. The predicted molar refractivity (Wildman–Crippen MR) is 85.2 cm³/mol. The van der Waals surface area contributed by atoms with Gasteiger partial charge in [-0.15, -0.1) is 0 Å². The topological polar surface area (TPSA) is 71.1 Å². The minimum Gasteiger partial charge on any atom is -0.372 e. The van der Waals surface area contributed by atoms with Crippen LogP contribution in [0.4, 0.5) is 5.82 Å². The molecule has 7 heteroatoms. The normalized spacial score (nSPS) is 16.3. The number of nitrogens with one attached hydrogen (secondary N) is 2. The molecule has 1 fully saturated rings.